The van der Waals surface area contributed by atoms with Crippen molar-refractivity contribution in [1.82, 2.24) is 15.0 Å². The first-order chi connectivity index (χ1) is 14.6. The molecule has 0 aliphatic carbocycles. The topological polar surface area (TPSA) is 123 Å². The highest BCUT2D eigenvalue weighted by molar-refractivity contribution is 6.32. The summed E-state index contributed by atoms with van der Waals surface area (Å²) in [6.45, 7) is 0.522. The highest BCUT2D eigenvalue weighted by Gasteiger charge is 2.48. The fraction of sp³-hybridized carbons (Fsp3) is 0.350. The van der Waals surface area contributed by atoms with Gasteiger partial charge in [-0.3, -0.25) is 0 Å². The summed E-state index contributed by atoms with van der Waals surface area (Å²) in [6, 6.07) is 11.2. The number of pyridine rings is 1. The molecule has 0 unspecified atom stereocenters. The molecular weight excluding hydrogens is 412 g/mol. The Morgan fingerprint density at radius 1 is 1.23 bits per heavy atom. The van der Waals surface area contributed by atoms with Crippen molar-refractivity contribution in [2.75, 3.05) is 13.2 Å². The van der Waals surface area contributed by atoms with E-state index in [1.807, 2.05) is 6.07 Å². The van der Waals surface area contributed by atoms with Gasteiger partial charge in [0.25, 0.3) is 6.01 Å². The fourth-order valence-electron chi connectivity index (χ4n) is 3.62. The molecule has 10 heteroatoms. The van der Waals surface area contributed by atoms with Crippen LogP contribution in [0.5, 0.6) is 17.6 Å². The predicted molar refractivity (Wildman–Crippen MR) is 105 cm³/mol. The second-order valence-corrected chi connectivity index (χ2v) is 7.50. The van der Waals surface area contributed by atoms with Gasteiger partial charge >= 0.3 is 0 Å². The number of hydrogen-bond donors (Lipinski definition) is 2. The highest BCUT2D eigenvalue weighted by Crippen LogP contribution is 2.33. The van der Waals surface area contributed by atoms with E-state index in [2.05, 4.69) is 21.0 Å². The molecule has 2 fully saturated rings. The van der Waals surface area contributed by atoms with Crippen molar-refractivity contribution in [2.45, 2.75) is 30.8 Å². The summed E-state index contributed by atoms with van der Waals surface area (Å²) in [5, 5.41) is 19.0. The number of imidazole rings is 1. The van der Waals surface area contributed by atoms with E-state index in [0.29, 0.717) is 28.5 Å². The number of benzene rings is 1. The number of rotatable bonds is 5. The molecule has 2 aromatic heterocycles. The minimum absolute atomic E-state index is 0.197. The molecule has 4 atom stereocenters. The lowest BCUT2D eigenvalue weighted by molar-refractivity contribution is 0.00706. The maximum absolute atomic E-state index is 9.84. The van der Waals surface area contributed by atoms with Crippen molar-refractivity contribution in [3.63, 3.8) is 0 Å². The molecule has 30 heavy (non-hydrogen) atoms. The van der Waals surface area contributed by atoms with Crippen LogP contribution in [0.4, 0.5) is 0 Å². The first kappa shape index (κ1) is 19.1. The van der Waals surface area contributed by atoms with E-state index in [9.17, 15) is 5.11 Å². The Bertz CT molecular complexity index is 1130. The van der Waals surface area contributed by atoms with Gasteiger partial charge in [-0.1, -0.05) is 23.7 Å². The first-order valence-electron chi connectivity index (χ1n) is 9.38. The maximum Gasteiger partial charge on any atom is 0.296 e. The fourth-order valence-corrected chi connectivity index (χ4v) is 3.81. The zero-order chi connectivity index (χ0) is 20.7. The van der Waals surface area contributed by atoms with Gasteiger partial charge < -0.3 is 29.0 Å². The average Bonchev–Trinajstić information content (AvgIpc) is 3.40. The van der Waals surface area contributed by atoms with Crippen LogP contribution in [0.1, 0.15) is 5.56 Å². The van der Waals surface area contributed by atoms with Crippen LogP contribution < -0.4 is 9.47 Å². The third-order valence-electron chi connectivity index (χ3n) is 5.01. The Balaban J connectivity index is 1.36. The lowest BCUT2D eigenvalue weighted by Gasteiger charge is -2.15. The van der Waals surface area contributed by atoms with Gasteiger partial charge in [-0.15, -0.1) is 0 Å². The van der Waals surface area contributed by atoms with E-state index in [0.717, 1.165) is 5.56 Å². The number of nitriles is 1. The number of aliphatic hydroxyl groups excluding tert-OH is 1. The van der Waals surface area contributed by atoms with Gasteiger partial charge in [0.1, 0.15) is 29.1 Å². The van der Waals surface area contributed by atoms with Gasteiger partial charge in [0, 0.05) is 0 Å². The zero-order valence-corrected chi connectivity index (χ0v) is 16.4. The monoisotopic (exact) mass is 428 g/mol. The third kappa shape index (κ3) is 3.55. The summed E-state index contributed by atoms with van der Waals surface area (Å²) in [7, 11) is 0. The summed E-state index contributed by atoms with van der Waals surface area (Å²) in [5.41, 5.74) is 1.79. The normalized spacial score (nSPS) is 25.2. The summed E-state index contributed by atoms with van der Waals surface area (Å²) in [6.07, 6.45) is -1.48. The van der Waals surface area contributed by atoms with E-state index in [1.54, 1.807) is 24.3 Å². The summed E-state index contributed by atoms with van der Waals surface area (Å²) >= 11 is 6.33. The zero-order valence-electron chi connectivity index (χ0n) is 15.6. The smallest absolute Gasteiger partial charge is 0.296 e. The van der Waals surface area contributed by atoms with Crippen molar-refractivity contribution >= 4 is 22.8 Å². The van der Waals surface area contributed by atoms with Crippen molar-refractivity contribution in [3.8, 4) is 23.7 Å². The number of fused-ring (bicyclic) bond motifs is 2. The van der Waals surface area contributed by atoms with Gasteiger partial charge in [-0.05, 0) is 23.8 Å². The van der Waals surface area contributed by atoms with Gasteiger partial charge in [-0.25, -0.2) is 0 Å². The van der Waals surface area contributed by atoms with Crippen LogP contribution in [-0.4, -0.2) is 57.7 Å². The molecule has 2 saturated heterocycles. The molecular formula is C20H17ClN4O5. The van der Waals surface area contributed by atoms with Crippen LogP contribution >= 0.6 is 11.6 Å². The van der Waals surface area contributed by atoms with E-state index in [-0.39, 0.29) is 43.2 Å². The van der Waals surface area contributed by atoms with E-state index in [1.165, 1.54) is 0 Å². The lowest BCUT2D eigenvalue weighted by Crippen LogP contribution is -2.34. The Hall–Kier alpha value is -2.90. The standard InChI is InChI=1S/C20H17ClN4O5/c21-12-7-13-18(24-19(12)29-11-3-1-2-10(6-11)4-5-22)25-20(23-13)30-15-9-28-16-14(26)8-27-17(15)16/h1-3,6-7,14-17,26H,4,8-9H2,(H,23,24,25)/t14-,15-,16-,17-/m1/s1. The van der Waals surface area contributed by atoms with Crippen LogP contribution in [0.15, 0.2) is 30.3 Å². The number of ether oxygens (including phenoxy) is 4. The number of nitrogens with zero attached hydrogens (tertiary/aromatic N) is 3. The Kier molecular flexibility index (Phi) is 4.92. The Labute approximate surface area is 176 Å². The van der Waals surface area contributed by atoms with Gasteiger partial charge in [0.15, 0.2) is 11.8 Å². The number of hydrogen-bond acceptors (Lipinski definition) is 8. The van der Waals surface area contributed by atoms with Gasteiger partial charge in [-0.2, -0.15) is 15.2 Å². The number of nitrogens with one attached hydrogen (secondary N) is 1. The molecule has 0 saturated carbocycles. The average molecular weight is 429 g/mol. The Morgan fingerprint density at radius 2 is 2.10 bits per heavy atom. The van der Waals surface area contributed by atoms with E-state index < -0.39 is 6.10 Å². The van der Waals surface area contributed by atoms with Crippen molar-refractivity contribution in [1.29, 1.82) is 5.26 Å². The predicted octanol–water partition coefficient (Wildman–Crippen LogP) is 2.38. The number of halogens is 1. The lowest BCUT2D eigenvalue weighted by atomic mass is 10.1. The van der Waals surface area contributed by atoms with Crippen molar-refractivity contribution < 1.29 is 24.1 Å². The van der Waals surface area contributed by atoms with Crippen molar-refractivity contribution in [2.24, 2.45) is 0 Å². The van der Waals surface area contributed by atoms with Crippen molar-refractivity contribution in [3.05, 3.63) is 40.9 Å². The molecule has 0 radical (unpaired) electrons. The van der Waals surface area contributed by atoms with Gasteiger partial charge in [0.2, 0.25) is 5.88 Å². The number of aliphatic hydroxyl groups is 1. The van der Waals surface area contributed by atoms with Crippen LogP contribution in [0.25, 0.3) is 11.2 Å². The SMILES string of the molecule is N#CCc1cccc(Oc2nc3nc(O[C@@H]4CO[C@H]5[C@@H]4OC[C@H]5O)[nH]c3cc2Cl)c1. The minimum atomic E-state index is -0.647. The van der Waals surface area contributed by atoms with E-state index >= 15 is 0 Å². The molecule has 2 aliphatic rings. The molecule has 2 N–H and O–H groups in total. The summed E-state index contributed by atoms with van der Waals surface area (Å²) in [5.74, 6) is 0.720. The molecule has 0 bridgehead atoms. The Morgan fingerprint density at radius 3 is 2.97 bits per heavy atom. The number of aromatic nitrogens is 3. The highest BCUT2D eigenvalue weighted by atomic mass is 35.5. The van der Waals surface area contributed by atoms with Crippen LogP contribution in [0, 0.1) is 11.3 Å². The van der Waals surface area contributed by atoms with Crippen LogP contribution in [0.3, 0.4) is 0 Å². The third-order valence-corrected chi connectivity index (χ3v) is 5.28. The largest absolute Gasteiger partial charge is 0.456 e. The van der Waals surface area contributed by atoms with Crippen LogP contribution in [-0.2, 0) is 15.9 Å². The van der Waals surface area contributed by atoms with Gasteiger partial charge in [0.05, 0.1) is 31.2 Å². The maximum atomic E-state index is 9.84. The molecule has 3 aromatic rings. The molecule has 0 amide bonds. The second kappa shape index (κ2) is 7.74. The second-order valence-electron chi connectivity index (χ2n) is 7.09. The van der Waals surface area contributed by atoms with E-state index in [4.69, 9.17) is 35.8 Å². The molecule has 4 heterocycles. The van der Waals surface area contributed by atoms with Crippen LogP contribution in [0.2, 0.25) is 5.02 Å². The molecule has 5 rings (SSSR count). The molecule has 9 nitrogen and oxygen atoms in total. The summed E-state index contributed by atoms with van der Waals surface area (Å²) in [4.78, 5) is 11.8. The number of H-pyrrole nitrogens is 1. The molecule has 0 spiro atoms. The molecule has 2 aliphatic heterocycles. The number of aromatic amines is 1. The minimum Gasteiger partial charge on any atom is -0.456 e. The quantitative estimate of drug-likeness (QED) is 0.635. The molecule has 154 valence electrons. The first-order valence-corrected chi connectivity index (χ1v) is 9.76. The molecule has 1 aromatic carbocycles. The summed E-state index contributed by atoms with van der Waals surface area (Å²) < 4.78 is 22.8.